The maximum atomic E-state index is 12.4. The molecule has 0 radical (unpaired) electrons. The summed E-state index contributed by atoms with van der Waals surface area (Å²) in [6, 6.07) is 5.02. The molecule has 0 unspecified atom stereocenters. The van der Waals surface area contributed by atoms with Gasteiger partial charge in [-0.2, -0.15) is 5.10 Å². The Morgan fingerprint density at radius 1 is 1.25 bits per heavy atom. The topological polar surface area (TPSA) is 59.9 Å². The Morgan fingerprint density at radius 3 is 2.42 bits per heavy atom. The van der Waals surface area contributed by atoms with E-state index in [1.54, 1.807) is 32.4 Å². The number of hydrogen-bond acceptors (Lipinski definition) is 4. The Balaban J connectivity index is 2.16. The van der Waals surface area contributed by atoms with Crippen LogP contribution in [-0.4, -0.2) is 25.8 Å². The summed E-state index contributed by atoms with van der Waals surface area (Å²) < 4.78 is 10.4. The zero-order valence-corrected chi connectivity index (χ0v) is 14.7. The molecule has 5 nitrogen and oxygen atoms in total. The zero-order valence-electron chi connectivity index (χ0n) is 14.7. The molecule has 0 saturated carbocycles. The fourth-order valence-corrected chi connectivity index (χ4v) is 2.55. The second kappa shape index (κ2) is 7.81. The molecule has 0 spiro atoms. The lowest BCUT2D eigenvalue weighted by molar-refractivity contribution is 0.0954. The number of carbonyl (C=O) groups excluding carboxylic acids is 1. The van der Waals surface area contributed by atoms with Crippen molar-refractivity contribution in [1.82, 2.24) is 5.43 Å². The molecule has 1 atom stereocenters. The molecule has 5 heteroatoms. The third-order valence-corrected chi connectivity index (χ3v) is 4.21. The summed E-state index contributed by atoms with van der Waals surface area (Å²) in [7, 11) is 3.09. The van der Waals surface area contributed by atoms with E-state index in [1.165, 1.54) is 0 Å². The molecule has 1 aliphatic rings. The minimum absolute atomic E-state index is 0.301. The van der Waals surface area contributed by atoms with Crippen molar-refractivity contribution in [2.45, 2.75) is 26.7 Å². The molecule has 1 aromatic rings. The second-order valence-electron chi connectivity index (χ2n) is 5.97. The molecule has 0 saturated heterocycles. The highest BCUT2D eigenvalue weighted by molar-refractivity contribution is 6.02. The summed E-state index contributed by atoms with van der Waals surface area (Å²) in [5.41, 5.74) is 6.18. The van der Waals surface area contributed by atoms with Crippen LogP contribution in [0.3, 0.4) is 0 Å². The van der Waals surface area contributed by atoms with Crippen LogP contribution < -0.4 is 14.9 Å². The number of allylic oxidation sites excluding steroid dienone is 3. The Labute approximate surface area is 143 Å². The number of carbonyl (C=O) groups is 1. The summed E-state index contributed by atoms with van der Waals surface area (Å²) in [5, 5.41) is 4.31. The van der Waals surface area contributed by atoms with E-state index in [9.17, 15) is 4.79 Å². The minimum Gasteiger partial charge on any atom is -0.497 e. The van der Waals surface area contributed by atoms with Crippen LogP contribution in [0.2, 0.25) is 0 Å². The summed E-state index contributed by atoms with van der Waals surface area (Å²) in [5.74, 6) is 1.19. The summed E-state index contributed by atoms with van der Waals surface area (Å²) in [6.07, 6.45) is 3.91. The summed E-state index contributed by atoms with van der Waals surface area (Å²) in [4.78, 5) is 12.4. The van der Waals surface area contributed by atoms with Crippen LogP contribution in [0.25, 0.3) is 0 Å². The van der Waals surface area contributed by atoms with Gasteiger partial charge in [-0.05, 0) is 50.3 Å². The number of amides is 1. The number of hydrogen-bond donors (Lipinski definition) is 1. The smallest absolute Gasteiger partial charge is 0.271 e. The van der Waals surface area contributed by atoms with Gasteiger partial charge in [0.15, 0.2) is 0 Å². The van der Waals surface area contributed by atoms with Gasteiger partial charge < -0.3 is 9.47 Å². The molecule has 1 aliphatic carbocycles. The van der Waals surface area contributed by atoms with Crippen LogP contribution in [0.5, 0.6) is 11.5 Å². The van der Waals surface area contributed by atoms with Crippen molar-refractivity contribution < 1.29 is 14.3 Å². The monoisotopic (exact) mass is 328 g/mol. The number of benzene rings is 1. The van der Waals surface area contributed by atoms with Crippen LogP contribution in [0.1, 0.15) is 37.0 Å². The van der Waals surface area contributed by atoms with E-state index in [1.807, 2.05) is 13.8 Å². The molecule has 0 aliphatic heterocycles. The van der Waals surface area contributed by atoms with Crippen LogP contribution >= 0.6 is 0 Å². The quantitative estimate of drug-likeness (QED) is 0.662. The normalized spacial score (nSPS) is 18.8. The third kappa shape index (κ3) is 4.25. The number of nitrogens with zero attached hydrogens (tertiary/aromatic N) is 1. The fraction of sp³-hybridized carbons (Fsp3) is 0.368. The van der Waals surface area contributed by atoms with Crippen molar-refractivity contribution in [2.24, 2.45) is 11.0 Å². The highest BCUT2D eigenvalue weighted by atomic mass is 16.5. The molecule has 1 aromatic carbocycles. The van der Waals surface area contributed by atoms with E-state index in [0.29, 0.717) is 23.0 Å². The predicted molar refractivity (Wildman–Crippen MR) is 95.7 cm³/mol. The van der Waals surface area contributed by atoms with Crippen LogP contribution in [0.4, 0.5) is 0 Å². The van der Waals surface area contributed by atoms with Crippen molar-refractivity contribution in [3.63, 3.8) is 0 Å². The second-order valence-corrected chi connectivity index (χ2v) is 5.97. The Kier molecular flexibility index (Phi) is 5.79. The van der Waals surface area contributed by atoms with Gasteiger partial charge in [0.1, 0.15) is 11.5 Å². The van der Waals surface area contributed by atoms with Crippen molar-refractivity contribution in [1.29, 1.82) is 0 Å². The maximum Gasteiger partial charge on any atom is 0.271 e. The lowest BCUT2D eigenvalue weighted by atomic mass is 9.85. The average molecular weight is 328 g/mol. The molecule has 2 rings (SSSR count). The van der Waals surface area contributed by atoms with Gasteiger partial charge in [0.25, 0.3) is 5.91 Å². The van der Waals surface area contributed by atoms with Crippen LogP contribution in [-0.2, 0) is 0 Å². The third-order valence-electron chi connectivity index (χ3n) is 4.21. The minimum atomic E-state index is -0.301. The van der Waals surface area contributed by atoms with Crippen LogP contribution in [0.15, 0.2) is 47.1 Å². The summed E-state index contributed by atoms with van der Waals surface area (Å²) >= 11 is 0. The first kappa shape index (κ1) is 17.8. The van der Waals surface area contributed by atoms with Gasteiger partial charge in [0, 0.05) is 11.6 Å². The SMILES string of the molecule is C=C(C)[C@H]1CC=C(C)/C(=N\NC(=O)c2cc(OC)cc(OC)c2)C1. The molecule has 24 heavy (non-hydrogen) atoms. The number of ether oxygens (including phenoxy) is 2. The highest BCUT2D eigenvalue weighted by Gasteiger charge is 2.19. The largest absolute Gasteiger partial charge is 0.497 e. The average Bonchev–Trinajstić information content (AvgIpc) is 2.59. The molecular formula is C19H24N2O3. The molecule has 0 bridgehead atoms. The molecule has 0 aromatic heterocycles. The molecule has 1 amide bonds. The lowest BCUT2D eigenvalue weighted by Crippen LogP contribution is -2.23. The van der Waals surface area contributed by atoms with Gasteiger partial charge in [-0.1, -0.05) is 18.2 Å². The fourth-order valence-electron chi connectivity index (χ4n) is 2.55. The van der Waals surface area contributed by atoms with Crippen molar-refractivity contribution >= 4 is 11.6 Å². The molecule has 1 N–H and O–H groups in total. The van der Waals surface area contributed by atoms with Crippen molar-refractivity contribution in [3.8, 4) is 11.5 Å². The maximum absolute atomic E-state index is 12.4. The molecule has 0 fully saturated rings. The first-order valence-corrected chi connectivity index (χ1v) is 7.87. The first-order chi connectivity index (χ1) is 11.4. The van der Waals surface area contributed by atoms with Crippen LogP contribution in [0, 0.1) is 5.92 Å². The first-order valence-electron chi connectivity index (χ1n) is 7.87. The standard InChI is InChI=1S/C19H24N2O3/c1-12(2)14-7-6-13(3)18(10-14)20-21-19(22)15-8-16(23-4)11-17(9-15)24-5/h6,8-9,11,14H,1,7,10H2,2-5H3,(H,21,22)/b20-18-/t14-/m0/s1. The van der Waals surface area contributed by atoms with Gasteiger partial charge >= 0.3 is 0 Å². The molecular weight excluding hydrogens is 304 g/mol. The van der Waals surface area contributed by atoms with Gasteiger partial charge in [-0.3, -0.25) is 4.79 Å². The van der Waals surface area contributed by atoms with Gasteiger partial charge in [-0.15, -0.1) is 0 Å². The van der Waals surface area contributed by atoms with E-state index in [4.69, 9.17) is 9.47 Å². The van der Waals surface area contributed by atoms with Crippen molar-refractivity contribution in [3.05, 3.63) is 47.6 Å². The molecule has 128 valence electrons. The van der Waals surface area contributed by atoms with Gasteiger partial charge in [0.2, 0.25) is 0 Å². The Hall–Kier alpha value is -2.56. The summed E-state index contributed by atoms with van der Waals surface area (Å²) in [6.45, 7) is 8.05. The van der Waals surface area contributed by atoms with Gasteiger partial charge in [-0.25, -0.2) is 5.43 Å². The highest BCUT2D eigenvalue weighted by Crippen LogP contribution is 2.26. The Bertz CT molecular complexity index is 682. The molecule has 0 heterocycles. The van der Waals surface area contributed by atoms with E-state index < -0.39 is 0 Å². The zero-order chi connectivity index (χ0) is 17.7. The van der Waals surface area contributed by atoms with E-state index in [2.05, 4.69) is 23.2 Å². The van der Waals surface area contributed by atoms with E-state index in [0.717, 1.165) is 29.7 Å². The Morgan fingerprint density at radius 2 is 1.88 bits per heavy atom. The van der Waals surface area contributed by atoms with E-state index >= 15 is 0 Å². The van der Waals surface area contributed by atoms with E-state index in [-0.39, 0.29) is 5.91 Å². The number of rotatable bonds is 5. The number of hydrazone groups is 1. The lowest BCUT2D eigenvalue weighted by Gasteiger charge is -2.22. The number of methoxy groups -OCH3 is 2. The number of nitrogens with one attached hydrogen (secondary N) is 1. The predicted octanol–water partition coefficient (Wildman–Crippen LogP) is 3.72. The van der Waals surface area contributed by atoms with Gasteiger partial charge in [0.05, 0.1) is 19.9 Å². The van der Waals surface area contributed by atoms with Crippen molar-refractivity contribution in [2.75, 3.05) is 14.2 Å².